The Morgan fingerprint density at radius 2 is 2.40 bits per heavy atom. The Kier molecular flexibility index (Phi) is 1.75. The molecule has 3 heterocycles. The molecule has 0 amide bonds. The number of aryl methyl sites for hydroxylation is 1. The van der Waals surface area contributed by atoms with E-state index in [1.165, 1.54) is 11.0 Å². The summed E-state index contributed by atoms with van der Waals surface area (Å²) < 4.78 is 6.75. The highest BCUT2D eigenvalue weighted by Crippen LogP contribution is 2.31. The van der Waals surface area contributed by atoms with Gasteiger partial charge in [-0.3, -0.25) is 0 Å². The summed E-state index contributed by atoms with van der Waals surface area (Å²) in [5.74, 6) is 0.724. The summed E-state index contributed by atoms with van der Waals surface area (Å²) >= 11 is 0. The van der Waals surface area contributed by atoms with Gasteiger partial charge in [0.1, 0.15) is 12.4 Å². The van der Waals surface area contributed by atoms with Crippen molar-refractivity contribution < 1.29 is 4.74 Å². The molecule has 6 nitrogen and oxygen atoms in total. The molecule has 0 aliphatic carbocycles. The summed E-state index contributed by atoms with van der Waals surface area (Å²) in [4.78, 5) is 4.28. The van der Waals surface area contributed by atoms with Gasteiger partial charge in [0.25, 0.3) is 0 Å². The second-order valence-corrected chi connectivity index (χ2v) is 3.48. The minimum absolute atomic E-state index is 0.237. The SMILES string of the molecule is Cc1cc(-n2cnnn2)ncc1C1CO1. The molecule has 6 heteroatoms. The van der Waals surface area contributed by atoms with Gasteiger partial charge >= 0.3 is 0 Å². The number of aromatic nitrogens is 5. The van der Waals surface area contributed by atoms with Crippen LogP contribution in [-0.4, -0.2) is 31.8 Å². The van der Waals surface area contributed by atoms with Crippen molar-refractivity contribution in [2.75, 3.05) is 6.61 Å². The Labute approximate surface area is 85.9 Å². The molecule has 1 aliphatic heterocycles. The first kappa shape index (κ1) is 8.49. The molecule has 1 fully saturated rings. The molecule has 0 bridgehead atoms. The fraction of sp³-hybridized carbons (Fsp3) is 0.333. The Morgan fingerprint density at radius 3 is 3.00 bits per heavy atom. The quantitative estimate of drug-likeness (QED) is 0.662. The van der Waals surface area contributed by atoms with Gasteiger partial charge in [-0.05, 0) is 29.0 Å². The zero-order valence-corrected chi connectivity index (χ0v) is 8.16. The number of tetrazole rings is 1. The lowest BCUT2D eigenvalue weighted by molar-refractivity contribution is 0.414. The lowest BCUT2D eigenvalue weighted by Crippen LogP contribution is -2.00. The number of rotatable bonds is 2. The van der Waals surface area contributed by atoms with Crippen LogP contribution < -0.4 is 0 Å². The molecule has 2 aromatic rings. The fourth-order valence-electron chi connectivity index (χ4n) is 1.51. The van der Waals surface area contributed by atoms with Crippen molar-refractivity contribution >= 4 is 0 Å². The lowest BCUT2D eigenvalue weighted by Gasteiger charge is -2.04. The predicted octanol–water partition coefficient (Wildman–Crippen LogP) is 0.437. The minimum atomic E-state index is 0.237. The molecule has 0 spiro atoms. The predicted molar refractivity (Wildman–Crippen MR) is 50.4 cm³/mol. The number of ether oxygens (including phenoxy) is 1. The molecule has 1 aliphatic rings. The van der Waals surface area contributed by atoms with Crippen LogP contribution in [-0.2, 0) is 4.74 Å². The van der Waals surface area contributed by atoms with Crippen molar-refractivity contribution in [2.45, 2.75) is 13.0 Å². The summed E-state index contributed by atoms with van der Waals surface area (Å²) in [7, 11) is 0. The molecule has 3 rings (SSSR count). The fourth-order valence-corrected chi connectivity index (χ4v) is 1.51. The summed E-state index contributed by atoms with van der Waals surface area (Å²) in [6.07, 6.45) is 3.58. The van der Waals surface area contributed by atoms with E-state index in [0.717, 1.165) is 23.6 Å². The van der Waals surface area contributed by atoms with Gasteiger partial charge in [0, 0.05) is 11.8 Å². The van der Waals surface area contributed by atoms with E-state index in [4.69, 9.17) is 4.74 Å². The molecule has 1 unspecified atom stereocenters. The first-order valence-corrected chi connectivity index (χ1v) is 4.66. The molecular formula is C9H9N5O. The third kappa shape index (κ3) is 1.48. The molecule has 0 radical (unpaired) electrons. The van der Waals surface area contributed by atoms with E-state index in [1.54, 1.807) is 0 Å². The molecule has 76 valence electrons. The summed E-state index contributed by atoms with van der Waals surface area (Å²) in [6, 6.07) is 1.95. The highest BCUT2D eigenvalue weighted by molar-refractivity contribution is 5.34. The summed E-state index contributed by atoms with van der Waals surface area (Å²) in [5, 5.41) is 10.9. The van der Waals surface area contributed by atoms with Crippen molar-refractivity contribution in [1.82, 2.24) is 25.2 Å². The third-order valence-electron chi connectivity index (χ3n) is 2.40. The summed E-state index contributed by atoms with van der Waals surface area (Å²) in [6.45, 7) is 2.83. The van der Waals surface area contributed by atoms with Gasteiger partial charge in [-0.1, -0.05) is 0 Å². The van der Waals surface area contributed by atoms with Crippen LogP contribution in [0.4, 0.5) is 0 Å². The van der Waals surface area contributed by atoms with Crippen LogP contribution in [0.5, 0.6) is 0 Å². The van der Waals surface area contributed by atoms with Crippen LogP contribution >= 0.6 is 0 Å². The van der Waals surface area contributed by atoms with Crippen molar-refractivity contribution in [3.63, 3.8) is 0 Å². The number of pyridine rings is 1. The summed E-state index contributed by atoms with van der Waals surface area (Å²) in [5.41, 5.74) is 2.30. The Balaban J connectivity index is 2.01. The van der Waals surface area contributed by atoms with Gasteiger partial charge in [0.15, 0.2) is 5.82 Å². The number of epoxide rings is 1. The average Bonchev–Trinajstić information content (AvgIpc) is 2.93. The normalized spacial score (nSPS) is 19.1. The van der Waals surface area contributed by atoms with E-state index in [1.807, 2.05) is 19.2 Å². The minimum Gasteiger partial charge on any atom is -0.368 e. The first-order chi connectivity index (χ1) is 7.34. The van der Waals surface area contributed by atoms with Crippen LogP contribution in [0.2, 0.25) is 0 Å². The number of hydrogen-bond acceptors (Lipinski definition) is 5. The number of nitrogens with zero attached hydrogens (tertiary/aromatic N) is 5. The molecule has 1 saturated heterocycles. The lowest BCUT2D eigenvalue weighted by atomic mass is 10.1. The highest BCUT2D eigenvalue weighted by Gasteiger charge is 2.26. The zero-order valence-electron chi connectivity index (χ0n) is 8.16. The molecular weight excluding hydrogens is 194 g/mol. The van der Waals surface area contributed by atoms with Gasteiger partial charge in [-0.15, -0.1) is 5.10 Å². The zero-order chi connectivity index (χ0) is 10.3. The second-order valence-electron chi connectivity index (χ2n) is 3.48. The molecule has 15 heavy (non-hydrogen) atoms. The monoisotopic (exact) mass is 203 g/mol. The van der Waals surface area contributed by atoms with Crippen LogP contribution in [0.25, 0.3) is 5.82 Å². The van der Waals surface area contributed by atoms with Crippen LogP contribution in [0.3, 0.4) is 0 Å². The van der Waals surface area contributed by atoms with Crippen molar-refractivity contribution in [1.29, 1.82) is 0 Å². The van der Waals surface area contributed by atoms with E-state index in [-0.39, 0.29) is 6.10 Å². The van der Waals surface area contributed by atoms with Gasteiger partial charge in [0.2, 0.25) is 0 Å². The smallest absolute Gasteiger partial charge is 0.157 e. The van der Waals surface area contributed by atoms with Crippen molar-refractivity contribution in [3.05, 3.63) is 29.7 Å². The average molecular weight is 203 g/mol. The van der Waals surface area contributed by atoms with Crippen LogP contribution in [0, 0.1) is 6.92 Å². The first-order valence-electron chi connectivity index (χ1n) is 4.66. The topological polar surface area (TPSA) is 69.0 Å². The van der Waals surface area contributed by atoms with Crippen LogP contribution in [0.1, 0.15) is 17.2 Å². The molecule has 2 aromatic heterocycles. The molecule has 0 saturated carbocycles. The van der Waals surface area contributed by atoms with Gasteiger partial charge in [-0.2, -0.15) is 4.68 Å². The van der Waals surface area contributed by atoms with Gasteiger partial charge < -0.3 is 4.74 Å². The van der Waals surface area contributed by atoms with E-state index < -0.39 is 0 Å². The largest absolute Gasteiger partial charge is 0.368 e. The molecule has 0 N–H and O–H groups in total. The van der Waals surface area contributed by atoms with Crippen LogP contribution in [0.15, 0.2) is 18.6 Å². The van der Waals surface area contributed by atoms with Gasteiger partial charge in [0.05, 0.1) is 6.61 Å². The third-order valence-corrected chi connectivity index (χ3v) is 2.40. The maximum atomic E-state index is 5.22. The molecule has 1 atom stereocenters. The standard InChI is InChI=1S/C9H9N5O/c1-6-2-9(14-5-11-12-13-14)10-3-7(6)8-4-15-8/h2-3,5,8H,4H2,1H3. The van der Waals surface area contributed by atoms with E-state index in [2.05, 4.69) is 20.5 Å². The maximum absolute atomic E-state index is 5.22. The van der Waals surface area contributed by atoms with E-state index in [9.17, 15) is 0 Å². The Morgan fingerprint density at radius 1 is 1.53 bits per heavy atom. The second kappa shape index (κ2) is 3.09. The van der Waals surface area contributed by atoms with E-state index >= 15 is 0 Å². The maximum Gasteiger partial charge on any atom is 0.157 e. The van der Waals surface area contributed by atoms with E-state index in [0.29, 0.717) is 0 Å². The Bertz CT molecular complexity index is 477. The molecule has 0 aromatic carbocycles. The number of hydrogen-bond donors (Lipinski definition) is 0. The van der Waals surface area contributed by atoms with Crippen molar-refractivity contribution in [3.8, 4) is 5.82 Å². The Hall–Kier alpha value is -1.82. The van der Waals surface area contributed by atoms with Crippen molar-refractivity contribution in [2.24, 2.45) is 0 Å². The highest BCUT2D eigenvalue weighted by atomic mass is 16.6. The van der Waals surface area contributed by atoms with Gasteiger partial charge in [-0.25, -0.2) is 4.98 Å².